The van der Waals surface area contributed by atoms with Gasteiger partial charge >= 0.3 is 0 Å². The molecule has 8 heteroatoms. The third-order valence-corrected chi connectivity index (χ3v) is 5.93. The maximum Gasteiger partial charge on any atom is 0.271 e. The minimum atomic E-state index is -0.429. The topological polar surface area (TPSA) is 86.9 Å². The molecule has 0 bridgehead atoms. The lowest BCUT2D eigenvalue weighted by atomic mass is 9.98. The SMILES string of the molecule is O=C(Nc1n[nH]c(C(=O)NC(c2ccccc2)c2ccccc2)c1Br)c1ccccc1Cl. The van der Waals surface area contributed by atoms with Crippen LogP contribution in [0, 0.1) is 0 Å². The second-order valence-corrected chi connectivity index (χ2v) is 8.12. The van der Waals surface area contributed by atoms with Crippen LogP contribution in [-0.2, 0) is 0 Å². The predicted octanol–water partition coefficient (Wildman–Crippen LogP) is 5.60. The molecular formula is C24H18BrClN4O2. The van der Waals surface area contributed by atoms with E-state index in [2.05, 4.69) is 36.8 Å². The van der Waals surface area contributed by atoms with E-state index in [0.29, 0.717) is 15.1 Å². The number of nitrogens with one attached hydrogen (secondary N) is 3. The molecule has 32 heavy (non-hydrogen) atoms. The lowest BCUT2D eigenvalue weighted by Gasteiger charge is -2.19. The predicted molar refractivity (Wildman–Crippen MR) is 128 cm³/mol. The van der Waals surface area contributed by atoms with E-state index in [1.807, 2.05) is 60.7 Å². The first-order valence-corrected chi connectivity index (χ1v) is 10.9. The Bertz CT molecular complexity index is 1210. The number of amides is 2. The average Bonchev–Trinajstić information content (AvgIpc) is 3.18. The molecule has 0 saturated carbocycles. The van der Waals surface area contributed by atoms with E-state index in [-0.39, 0.29) is 23.5 Å². The van der Waals surface area contributed by atoms with Gasteiger partial charge in [-0.15, -0.1) is 0 Å². The third kappa shape index (κ3) is 4.74. The van der Waals surface area contributed by atoms with Crippen molar-refractivity contribution in [3.8, 4) is 0 Å². The van der Waals surface area contributed by atoms with E-state index >= 15 is 0 Å². The van der Waals surface area contributed by atoms with Crippen LogP contribution in [0.25, 0.3) is 0 Å². The van der Waals surface area contributed by atoms with Gasteiger partial charge in [0.15, 0.2) is 5.82 Å². The highest BCUT2D eigenvalue weighted by atomic mass is 79.9. The van der Waals surface area contributed by atoms with Crippen LogP contribution >= 0.6 is 27.5 Å². The Morgan fingerprint density at radius 3 is 2.00 bits per heavy atom. The van der Waals surface area contributed by atoms with Crippen LogP contribution in [0.1, 0.15) is 38.0 Å². The van der Waals surface area contributed by atoms with Gasteiger partial charge in [0.25, 0.3) is 11.8 Å². The summed E-state index contributed by atoms with van der Waals surface area (Å²) < 4.78 is 0.343. The van der Waals surface area contributed by atoms with Gasteiger partial charge in [-0.2, -0.15) is 5.10 Å². The van der Waals surface area contributed by atoms with E-state index in [1.165, 1.54) is 0 Å². The molecule has 1 aromatic heterocycles. The number of nitrogens with zero attached hydrogens (tertiary/aromatic N) is 1. The van der Waals surface area contributed by atoms with Gasteiger partial charge in [-0.1, -0.05) is 84.4 Å². The zero-order valence-electron chi connectivity index (χ0n) is 16.7. The van der Waals surface area contributed by atoms with Crippen molar-refractivity contribution < 1.29 is 9.59 Å². The van der Waals surface area contributed by atoms with E-state index in [1.54, 1.807) is 24.3 Å². The lowest BCUT2D eigenvalue weighted by molar-refractivity contribution is 0.0936. The van der Waals surface area contributed by atoms with Gasteiger partial charge in [0, 0.05) is 0 Å². The van der Waals surface area contributed by atoms with E-state index < -0.39 is 5.91 Å². The summed E-state index contributed by atoms with van der Waals surface area (Å²) in [6, 6.07) is 25.7. The van der Waals surface area contributed by atoms with Gasteiger partial charge in [-0.25, -0.2) is 0 Å². The smallest absolute Gasteiger partial charge is 0.271 e. The molecule has 6 nitrogen and oxygen atoms in total. The molecule has 0 aliphatic carbocycles. The second-order valence-electron chi connectivity index (χ2n) is 6.92. The molecular weight excluding hydrogens is 492 g/mol. The van der Waals surface area contributed by atoms with Crippen molar-refractivity contribution in [1.82, 2.24) is 15.5 Å². The van der Waals surface area contributed by atoms with Gasteiger partial charge < -0.3 is 10.6 Å². The summed E-state index contributed by atoms with van der Waals surface area (Å²) >= 11 is 9.46. The quantitative estimate of drug-likeness (QED) is 0.316. The number of carbonyl (C=O) groups is 2. The molecule has 0 atom stereocenters. The molecule has 2 amide bonds. The first kappa shape index (κ1) is 21.8. The number of aromatic nitrogens is 2. The third-order valence-electron chi connectivity index (χ3n) is 4.83. The monoisotopic (exact) mass is 508 g/mol. The average molecular weight is 510 g/mol. The summed E-state index contributed by atoms with van der Waals surface area (Å²) in [5.74, 6) is -0.613. The Kier molecular flexibility index (Phi) is 6.68. The Balaban J connectivity index is 1.56. The molecule has 160 valence electrons. The van der Waals surface area contributed by atoms with Gasteiger partial charge in [0.1, 0.15) is 5.69 Å². The summed E-state index contributed by atoms with van der Waals surface area (Å²) in [6.07, 6.45) is 0. The fourth-order valence-corrected chi connectivity index (χ4v) is 3.91. The summed E-state index contributed by atoms with van der Waals surface area (Å²) in [5, 5.41) is 12.8. The number of aromatic amines is 1. The summed E-state index contributed by atoms with van der Waals surface area (Å²) in [4.78, 5) is 25.6. The maximum absolute atomic E-state index is 13.1. The minimum Gasteiger partial charge on any atom is -0.340 e. The fraction of sp³-hybridized carbons (Fsp3) is 0.0417. The van der Waals surface area contributed by atoms with Gasteiger partial charge in [-0.3, -0.25) is 14.7 Å². The summed E-state index contributed by atoms with van der Waals surface area (Å²) in [6.45, 7) is 0. The number of H-pyrrole nitrogens is 1. The normalized spacial score (nSPS) is 10.7. The Hall–Kier alpha value is -3.42. The van der Waals surface area contributed by atoms with Gasteiger partial charge in [0.05, 0.1) is 21.1 Å². The number of rotatable bonds is 6. The largest absolute Gasteiger partial charge is 0.340 e. The summed E-state index contributed by atoms with van der Waals surface area (Å²) in [5.41, 5.74) is 2.38. The molecule has 0 saturated heterocycles. The molecule has 1 heterocycles. The van der Waals surface area contributed by atoms with Crippen LogP contribution in [0.15, 0.2) is 89.4 Å². The first-order valence-electron chi connectivity index (χ1n) is 9.75. The van der Waals surface area contributed by atoms with Crippen molar-refractivity contribution in [2.24, 2.45) is 0 Å². The van der Waals surface area contributed by atoms with Gasteiger partial charge in [-0.05, 0) is 39.2 Å². The molecule has 0 unspecified atom stereocenters. The van der Waals surface area contributed by atoms with Crippen molar-refractivity contribution in [2.45, 2.75) is 6.04 Å². The fourth-order valence-electron chi connectivity index (χ4n) is 3.24. The van der Waals surface area contributed by atoms with E-state index in [9.17, 15) is 9.59 Å². The zero-order valence-corrected chi connectivity index (χ0v) is 19.0. The van der Waals surface area contributed by atoms with Crippen LogP contribution in [0.4, 0.5) is 5.82 Å². The number of anilines is 1. The van der Waals surface area contributed by atoms with E-state index in [0.717, 1.165) is 11.1 Å². The molecule has 0 aliphatic rings. The van der Waals surface area contributed by atoms with E-state index in [4.69, 9.17) is 11.6 Å². The Morgan fingerprint density at radius 1 is 0.844 bits per heavy atom. The number of carbonyl (C=O) groups excluding carboxylic acids is 2. The van der Waals surface area contributed by atoms with Crippen LogP contribution in [-0.4, -0.2) is 22.0 Å². The van der Waals surface area contributed by atoms with Crippen LogP contribution < -0.4 is 10.6 Å². The highest BCUT2D eigenvalue weighted by molar-refractivity contribution is 9.10. The van der Waals surface area contributed by atoms with Crippen molar-refractivity contribution in [2.75, 3.05) is 5.32 Å². The Morgan fingerprint density at radius 2 is 1.41 bits per heavy atom. The summed E-state index contributed by atoms with van der Waals surface area (Å²) in [7, 11) is 0. The molecule has 4 aromatic rings. The molecule has 3 N–H and O–H groups in total. The molecule has 0 radical (unpaired) electrons. The Labute approximate surface area is 198 Å². The molecule has 0 spiro atoms. The highest BCUT2D eigenvalue weighted by Gasteiger charge is 2.23. The standard InChI is InChI=1S/C24H18BrClN4O2/c25-19-21(29-30-22(19)28-23(31)17-13-7-8-14-18(17)26)24(32)27-20(15-9-3-1-4-10-15)16-11-5-2-6-12-16/h1-14,20H,(H,27,32)(H2,28,29,30,31). The molecule has 3 aromatic carbocycles. The highest BCUT2D eigenvalue weighted by Crippen LogP contribution is 2.27. The number of hydrogen-bond donors (Lipinski definition) is 3. The number of benzene rings is 3. The van der Waals surface area contributed by atoms with Crippen LogP contribution in [0.5, 0.6) is 0 Å². The van der Waals surface area contributed by atoms with Crippen LogP contribution in [0.2, 0.25) is 5.02 Å². The minimum absolute atomic E-state index is 0.191. The lowest BCUT2D eigenvalue weighted by Crippen LogP contribution is -2.29. The number of hydrogen-bond acceptors (Lipinski definition) is 3. The van der Waals surface area contributed by atoms with Crippen molar-refractivity contribution in [3.63, 3.8) is 0 Å². The molecule has 0 fully saturated rings. The van der Waals surface area contributed by atoms with Crippen molar-refractivity contribution >= 4 is 45.2 Å². The van der Waals surface area contributed by atoms with Crippen molar-refractivity contribution in [1.29, 1.82) is 0 Å². The van der Waals surface area contributed by atoms with Gasteiger partial charge in [0.2, 0.25) is 0 Å². The van der Waals surface area contributed by atoms with Crippen LogP contribution in [0.3, 0.4) is 0 Å². The second kappa shape index (κ2) is 9.80. The molecule has 0 aliphatic heterocycles. The number of halogens is 2. The molecule has 4 rings (SSSR count). The van der Waals surface area contributed by atoms with Crippen molar-refractivity contribution in [3.05, 3.63) is 117 Å². The maximum atomic E-state index is 13.1. The zero-order chi connectivity index (χ0) is 22.5. The first-order chi connectivity index (χ1) is 15.5.